The van der Waals surface area contributed by atoms with Crippen LogP contribution in [0.25, 0.3) is 17.1 Å². The largest absolute Gasteiger partial charge is 0.449 e. The molecule has 0 bridgehead atoms. The summed E-state index contributed by atoms with van der Waals surface area (Å²) in [5, 5.41) is 12.3. The molecule has 28 heavy (non-hydrogen) atoms. The molecule has 0 N–H and O–H groups in total. The number of hydrogen-bond donors (Lipinski definition) is 0. The summed E-state index contributed by atoms with van der Waals surface area (Å²) in [5.74, 6) is 0.170. The normalized spacial score (nSPS) is 11.9. The van der Waals surface area contributed by atoms with Gasteiger partial charge in [0.1, 0.15) is 0 Å². The quantitative estimate of drug-likeness (QED) is 0.488. The van der Waals surface area contributed by atoms with Crippen LogP contribution in [0, 0.1) is 6.92 Å². The second kappa shape index (κ2) is 7.48. The molecule has 4 aromatic rings. The minimum atomic E-state index is -0.662. The van der Waals surface area contributed by atoms with Crippen LogP contribution in [-0.4, -0.2) is 25.9 Å². The number of rotatable bonds is 5. The first-order chi connectivity index (χ1) is 13.6. The Labute approximate surface area is 161 Å². The molecule has 0 radical (unpaired) electrons. The van der Waals surface area contributed by atoms with Crippen LogP contribution in [0.2, 0.25) is 0 Å². The highest BCUT2D eigenvalue weighted by Gasteiger charge is 2.20. The number of aromatic nitrogens is 4. The maximum absolute atomic E-state index is 12.4. The SMILES string of the molecule is Cc1ccnn1-c1ccc(C(=O)O[C@H](C)c2nnc(-c3ccccc3)o2)cc1. The van der Waals surface area contributed by atoms with Crippen LogP contribution >= 0.6 is 0 Å². The maximum Gasteiger partial charge on any atom is 0.338 e. The molecule has 0 aliphatic heterocycles. The molecule has 4 rings (SSSR count). The van der Waals surface area contributed by atoms with Crippen molar-refractivity contribution < 1.29 is 13.9 Å². The predicted molar refractivity (Wildman–Crippen MR) is 102 cm³/mol. The van der Waals surface area contributed by atoms with E-state index in [4.69, 9.17) is 9.15 Å². The van der Waals surface area contributed by atoms with E-state index in [1.165, 1.54) is 0 Å². The van der Waals surface area contributed by atoms with Gasteiger partial charge in [-0.25, -0.2) is 9.48 Å². The first-order valence-electron chi connectivity index (χ1n) is 8.82. The molecule has 2 aromatic carbocycles. The zero-order valence-corrected chi connectivity index (χ0v) is 15.4. The molecule has 7 heteroatoms. The minimum Gasteiger partial charge on any atom is -0.449 e. The van der Waals surface area contributed by atoms with Crippen molar-refractivity contribution in [2.24, 2.45) is 0 Å². The van der Waals surface area contributed by atoms with Crippen LogP contribution < -0.4 is 0 Å². The Kier molecular flexibility index (Phi) is 4.72. The molecule has 0 saturated heterocycles. The van der Waals surface area contributed by atoms with Gasteiger partial charge in [-0.1, -0.05) is 18.2 Å². The van der Waals surface area contributed by atoms with Gasteiger partial charge in [0.05, 0.1) is 11.3 Å². The lowest BCUT2D eigenvalue weighted by molar-refractivity contribution is 0.0280. The molecule has 0 aliphatic rings. The summed E-state index contributed by atoms with van der Waals surface area (Å²) in [5.41, 5.74) is 3.12. The second-order valence-corrected chi connectivity index (χ2v) is 6.29. The van der Waals surface area contributed by atoms with Crippen LogP contribution in [0.5, 0.6) is 0 Å². The Hall–Kier alpha value is -3.74. The van der Waals surface area contributed by atoms with Crippen molar-refractivity contribution in [3.63, 3.8) is 0 Å². The monoisotopic (exact) mass is 374 g/mol. The average Bonchev–Trinajstić information content (AvgIpc) is 3.38. The third-order valence-corrected chi connectivity index (χ3v) is 4.27. The first-order valence-corrected chi connectivity index (χ1v) is 8.82. The van der Waals surface area contributed by atoms with E-state index in [0.717, 1.165) is 16.9 Å². The van der Waals surface area contributed by atoms with E-state index in [-0.39, 0.29) is 5.89 Å². The van der Waals surface area contributed by atoms with Crippen molar-refractivity contribution in [1.82, 2.24) is 20.0 Å². The van der Waals surface area contributed by atoms with Gasteiger partial charge in [-0.05, 0) is 56.3 Å². The highest BCUT2D eigenvalue weighted by atomic mass is 16.6. The van der Waals surface area contributed by atoms with Crippen LogP contribution in [0.3, 0.4) is 0 Å². The Balaban J connectivity index is 1.45. The van der Waals surface area contributed by atoms with Gasteiger partial charge in [0, 0.05) is 17.5 Å². The molecule has 2 heterocycles. The van der Waals surface area contributed by atoms with E-state index < -0.39 is 12.1 Å². The Morgan fingerprint density at radius 2 is 1.79 bits per heavy atom. The van der Waals surface area contributed by atoms with Crippen LogP contribution in [-0.2, 0) is 4.74 Å². The Morgan fingerprint density at radius 1 is 1.04 bits per heavy atom. The van der Waals surface area contributed by atoms with Crippen molar-refractivity contribution in [1.29, 1.82) is 0 Å². The van der Waals surface area contributed by atoms with Crippen molar-refractivity contribution >= 4 is 5.97 Å². The van der Waals surface area contributed by atoms with Crippen molar-refractivity contribution in [2.75, 3.05) is 0 Å². The fourth-order valence-electron chi connectivity index (χ4n) is 2.75. The van der Waals surface area contributed by atoms with Gasteiger partial charge in [0.2, 0.25) is 5.89 Å². The standard InChI is InChI=1S/C21H18N4O3/c1-14-12-13-22-25(14)18-10-8-17(9-11-18)21(26)27-15(2)19-23-24-20(28-19)16-6-4-3-5-7-16/h3-13,15H,1-2H3/t15-/m1/s1. The van der Waals surface area contributed by atoms with Crippen LogP contribution in [0.1, 0.15) is 35.0 Å². The van der Waals surface area contributed by atoms with E-state index in [0.29, 0.717) is 11.5 Å². The van der Waals surface area contributed by atoms with Gasteiger partial charge >= 0.3 is 5.97 Å². The molecule has 7 nitrogen and oxygen atoms in total. The fraction of sp³-hybridized carbons (Fsp3) is 0.143. The number of esters is 1. The van der Waals surface area contributed by atoms with Crippen molar-refractivity contribution in [3.8, 4) is 17.1 Å². The first kappa shape index (κ1) is 17.7. The molecule has 1 atom stereocenters. The zero-order chi connectivity index (χ0) is 19.5. The molecule has 0 spiro atoms. The second-order valence-electron chi connectivity index (χ2n) is 6.29. The lowest BCUT2D eigenvalue weighted by atomic mass is 10.2. The molecular formula is C21H18N4O3. The van der Waals surface area contributed by atoms with Crippen LogP contribution in [0.15, 0.2) is 71.3 Å². The number of ether oxygens (including phenoxy) is 1. The van der Waals surface area contributed by atoms with Crippen LogP contribution in [0.4, 0.5) is 0 Å². The smallest absolute Gasteiger partial charge is 0.338 e. The number of nitrogens with zero attached hydrogens (tertiary/aromatic N) is 4. The summed E-state index contributed by atoms with van der Waals surface area (Å²) in [6.07, 6.45) is 1.07. The van der Waals surface area contributed by atoms with E-state index in [2.05, 4.69) is 15.3 Å². The summed E-state index contributed by atoms with van der Waals surface area (Å²) in [4.78, 5) is 12.4. The Bertz CT molecular complexity index is 1080. The summed E-state index contributed by atoms with van der Waals surface area (Å²) in [7, 11) is 0. The Morgan fingerprint density at radius 3 is 2.46 bits per heavy atom. The third-order valence-electron chi connectivity index (χ3n) is 4.27. The molecule has 0 fully saturated rings. The summed E-state index contributed by atoms with van der Waals surface area (Å²) in [6.45, 7) is 3.66. The van der Waals surface area contributed by atoms with Gasteiger partial charge < -0.3 is 9.15 Å². The molecule has 0 amide bonds. The van der Waals surface area contributed by atoms with E-state index in [9.17, 15) is 4.79 Å². The van der Waals surface area contributed by atoms with Gasteiger partial charge in [0.25, 0.3) is 5.89 Å². The van der Waals surface area contributed by atoms with Gasteiger partial charge in [-0.2, -0.15) is 5.10 Å². The lowest BCUT2D eigenvalue weighted by Crippen LogP contribution is -2.10. The fourth-order valence-corrected chi connectivity index (χ4v) is 2.75. The summed E-state index contributed by atoms with van der Waals surface area (Å²) < 4.78 is 12.9. The molecule has 0 aliphatic carbocycles. The molecule has 0 unspecified atom stereocenters. The predicted octanol–water partition coefficient (Wildman–Crippen LogP) is 4.15. The number of benzene rings is 2. The third kappa shape index (κ3) is 3.55. The highest BCUT2D eigenvalue weighted by molar-refractivity contribution is 5.89. The van der Waals surface area contributed by atoms with Crippen molar-refractivity contribution in [2.45, 2.75) is 20.0 Å². The number of aryl methyl sites for hydroxylation is 1. The topological polar surface area (TPSA) is 83.0 Å². The summed E-state index contributed by atoms with van der Waals surface area (Å²) in [6, 6.07) is 18.4. The average molecular weight is 374 g/mol. The zero-order valence-electron chi connectivity index (χ0n) is 15.4. The van der Waals surface area contributed by atoms with E-state index in [1.807, 2.05) is 55.5 Å². The number of hydrogen-bond acceptors (Lipinski definition) is 6. The summed E-state index contributed by atoms with van der Waals surface area (Å²) >= 11 is 0. The van der Waals surface area contributed by atoms with Gasteiger partial charge in [-0.15, -0.1) is 10.2 Å². The van der Waals surface area contributed by atoms with Crippen molar-refractivity contribution in [3.05, 3.63) is 84.0 Å². The molecular weight excluding hydrogens is 356 g/mol. The molecule has 140 valence electrons. The van der Waals surface area contributed by atoms with Gasteiger partial charge in [-0.3, -0.25) is 0 Å². The molecule has 0 saturated carbocycles. The van der Waals surface area contributed by atoms with E-state index >= 15 is 0 Å². The minimum absolute atomic E-state index is 0.246. The van der Waals surface area contributed by atoms with E-state index in [1.54, 1.807) is 29.9 Å². The maximum atomic E-state index is 12.4. The lowest BCUT2D eigenvalue weighted by Gasteiger charge is -2.10. The molecule has 2 aromatic heterocycles. The number of carbonyl (C=O) groups excluding carboxylic acids is 1. The van der Waals surface area contributed by atoms with Gasteiger partial charge in [0.15, 0.2) is 6.10 Å². The highest BCUT2D eigenvalue weighted by Crippen LogP contribution is 2.23. The number of carbonyl (C=O) groups is 1.